The van der Waals surface area contributed by atoms with Crippen LogP contribution in [0.25, 0.3) is 0 Å². The van der Waals surface area contributed by atoms with Gasteiger partial charge < -0.3 is 5.73 Å². The van der Waals surface area contributed by atoms with Crippen LogP contribution in [0.3, 0.4) is 0 Å². The summed E-state index contributed by atoms with van der Waals surface area (Å²) in [6.45, 7) is 0. The summed E-state index contributed by atoms with van der Waals surface area (Å²) in [7, 11) is 0. The lowest BCUT2D eigenvalue weighted by Crippen LogP contribution is -2.08. The maximum atomic E-state index is 13.3. The third-order valence-corrected chi connectivity index (χ3v) is 3.32. The number of nitrogens with two attached hydrogens (primary N) is 1. The molecule has 0 saturated heterocycles. The first-order valence-corrected chi connectivity index (χ1v) is 6.25. The SMILES string of the molecule is Nc1c(F)cccc1C(=O)Cc1cc(Cl)ccc1Cl. The van der Waals surface area contributed by atoms with E-state index in [0.29, 0.717) is 15.6 Å². The first kappa shape index (κ1) is 13.8. The van der Waals surface area contributed by atoms with Crippen molar-refractivity contribution in [3.63, 3.8) is 0 Å². The number of carbonyl (C=O) groups excluding carboxylic acids is 1. The number of halogens is 3. The van der Waals surface area contributed by atoms with Crippen LogP contribution < -0.4 is 5.73 Å². The molecule has 0 aromatic heterocycles. The zero-order valence-corrected chi connectivity index (χ0v) is 11.3. The van der Waals surface area contributed by atoms with Crippen LogP contribution in [0.15, 0.2) is 36.4 Å². The van der Waals surface area contributed by atoms with Gasteiger partial charge in [0.2, 0.25) is 0 Å². The Morgan fingerprint density at radius 3 is 2.68 bits per heavy atom. The summed E-state index contributed by atoms with van der Waals surface area (Å²) in [6, 6.07) is 8.99. The maximum absolute atomic E-state index is 13.3. The number of nitrogen functional groups attached to an aromatic ring is 1. The highest BCUT2D eigenvalue weighted by Crippen LogP contribution is 2.24. The van der Waals surface area contributed by atoms with E-state index in [-0.39, 0.29) is 23.5 Å². The fourth-order valence-corrected chi connectivity index (χ4v) is 2.11. The van der Waals surface area contributed by atoms with Gasteiger partial charge in [0.25, 0.3) is 0 Å². The molecule has 2 aromatic rings. The Morgan fingerprint density at radius 2 is 1.95 bits per heavy atom. The minimum Gasteiger partial charge on any atom is -0.396 e. The van der Waals surface area contributed by atoms with Crippen LogP contribution in [0, 0.1) is 5.82 Å². The van der Waals surface area contributed by atoms with Gasteiger partial charge >= 0.3 is 0 Å². The second kappa shape index (κ2) is 5.59. The number of rotatable bonds is 3. The van der Waals surface area contributed by atoms with Crippen LogP contribution in [-0.4, -0.2) is 5.78 Å². The van der Waals surface area contributed by atoms with Gasteiger partial charge in [0, 0.05) is 22.0 Å². The molecule has 0 fully saturated rings. The Hall–Kier alpha value is -1.58. The third-order valence-electron chi connectivity index (χ3n) is 2.71. The second-order valence-electron chi connectivity index (χ2n) is 4.04. The molecule has 0 bridgehead atoms. The van der Waals surface area contributed by atoms with E-state index in [2.05, 4.69) is 0 Å². The van der Waals surface area contributed by atoms with E-state index in [1.54, 1.807) is 18.2 Å². The second-order valence-corrected chi connectivity index (χ2v) is 4.88. The predicted octanol–water partition coefficient (Wildman–Crippen LogP) is 4.14. The van der Waals surface area contributed by atoms with Crippen molar-refractivity contribution in [2.24, 2.45) is 0 Å². The average Bonchev–Trinajstić information content (AvgIpc) is 2.37. The number of benzene rings is 2. The number of hydrogen-bond acceptors (Lipinski definition) is 2. The van der Waals surface area contributed by atoms with Gasteiger partial charge in [-0.15, -0.1) is 0 Å². The third kappa shape index (κ3) is 3.06. The van der Waals surface area contributed by atoms with Crippen LogP contribution in [0.1, 0.15) is 15.9 Å². The summed E-state index contributed by atoms with van der Waals surface area (Å²) < 4.78 is 13.3. The quantitative estimate of drug-likeness (QED) is 0.683. The van der Waals surface area contributed by atoms with Crippen LogP contribution in [-0.2, 0) is 6.42 Å². The molecule has 0 aliphatic carbocycles. The summed E-state index contributed by atoms with van der Waals surface area (Å²) in [5.41, 5.74) is 6.14. The predicted molar refractivity (Wildman–Crippen MR) is 75.3 cm³/mol. The van der Waals surface area contributed by atoms with E-state index in [0.717, 1.165) is 0 Å². The summed E-state index contributed by atoms with van der Waals surface area (Å²) in [6.07, 6.45) is 0.0209. The van der Waals surface area contributed by atoms with Crippen LogP contribution in [0.4, 0.5) is 10.1 Å². The standard InChI is InChI=1S/C14H10Cl2FNO/c15-9-4-5-11(16)8(6-9)7-13(19)10-2-1-3-12(17)14(10)18/h1-6H,7,18H2. The lowest BCUT2D eigenvalue weighted by atomic mass is 10.0. The van der Waals surface area contributed by atoms with Gasteiger partial charge in [-0.05, 0) is 35.9 Å². The van der Waals surface area contributed by atoms with Gasteiger partial charge in [0.15, 0.2) is 5.78 Å². The minimum absolute atomic E-state index is 0.0209. The van der Waals surface area contributed by atoms with Crippen molar-refractivity contribution in [3.8, 4) is 0 Å². The molecule has 0 aliphatic rings. The molecule has 0 heterocycles. The molecule has 0 atom stereocenters. The maximum Gasteiger partial charge on any atom is 0.169 e. The van der Waals surface area contributed by atoms with Crippen molar-refractivity contribution in [2.45, 2.75) is 6.42 Å². The molecule has 2 aromatic carbocycles. The van der Waals surface area contributed by atoms with Crippen LogP contribution in [0.2, 0.25) is 10.0 Å². The number of anilines is 1. The molecule has 2 nitrogen and oxygen atoms in total. The summed E-state index contributed by atoms with van der Waals surface area (Å²) in [4.78, 5) is 12.1. The van der Waals surface area contributed by atoms with Crippen molar-refractivity contribution in [1.82, 2.24) is 0 Å². The highest BCUT2D eigenvalue weighted by atomic mass is 35.5. The number of Topliss-reactive ketones (excluding diaryl/α,β-unsaturated/α-hetero) is 1. The molecule has 0 saturated carbocycles. The number of hydrogen-bond donors (Lipinski definition) is 1. The molecule has 2 N–H and O–H groups in total. The fourth-order valence-electron chi connectivity index (χ4n) is 1.73. The van der Waals surface area contributed by atoms with Crippen molar-refractivity contribution in [3.05, 3.63) is 63.4 Å². The van der Waals surface area contributed by atoms with Crippen molar-refractivity contribution in [2.75, 3.05) is 5.73 Å². The van der Waals surface area contributed by atoms with Gasteiger partial charge in [-0.1, -0.05) is 29.3 Å². The van der Waals surface area contributed by atoms with Gasteiger partial charge in [0.05, 0.1) is 5.69 Å². The topological polar surface area (TPSA) is 43.1 Å². The zero-order chi connectivity index (χ0) is 14.0. The molecule has 19 heavy (non-hydrogen) atoms. The summed E-state index contributed by atoms with van der Waals surface area (Å²) >= 11 is 11.8. The Morgan fingerprint density at radius 1 is 1.21 bits per heavy atom. The Labute approximate surface area is 119 Å². The van der Waals surface area contributed by atoms with E-state index in [4.69, 9.17) is 28.9 Å². The van der Waals surface area contributed by atoms with E-state index in [1.807, 2.05) is 0 Å². The first-order chi connectivity index (χ1) is 8.99. The molecule has 0 unspecified atom stereocenters. The van der Waals surface area contributed by atoms with E-state index in [1.165, 1.54) is 18.2 Å². The smallest absolute Gasteiger partial charge is 0.169 e. The van der Waals surface area contributed by atoms with Gasteiger partial charge in [-0.3, -0.25) is 4.79 Å². The molecular weight excluding hydrogens is 288 g/mol. The lowest BCUT2D eigenvalue weighted by Gasteiger charge is -2.07. The van der Waals surface area contributed by atoms with Gasteiger partial charge in [-0.25, -0.2) is 4.39 Å². The Kier molecular flexibility index (Phi) is 4.08. The summed E-state index contributed by atoms with van der Waals surface area (Å²) in [5.74, 6) is -0.913. The molecule has 0 aliphatic heterocycles. The number of ketones is 1. The average molecular weight is 298 g/mol. The van der Waals surface area contributed by atoms with E-state index < -0.39 is 5.82 Å². The van der Waals surface area contributed by atoms with E-state index in [9.17, 15) is 9.18 Å². The molecule has 0 amide bonds. The Balaban J connectivity index is 2.31. The Bertz CT molecular complexity index is 643. The molecule has 0 radical (unpaired) electrons. The highest BCUT2D eigenvalue weighted by molar-refractivity contribution is 6.33. The molecule has 2 rings (SSSR count). The monoisotopic (exact) mass is 297 g/mol. The van der Waals surface area contributed by atoms with Crippen molar-refractivity contribution < 1.29 is 9.18 Å². The molecular formula is C14H10Cl2FNO. The minimum atomic E-state index is -0.608. The molecule has 0 spiro atoms. The molecule has 98 valence electrons. The van der Waals surface area contributed by atoms with Crippen LogP contribution >= 0.6 is 23.2 Å². The summed E-state index contributed by atoms with van der Waals surface area (Å²) in [5, 5.41) is 0.923. The zero-order valence-electron chi connectivity index (χ0n) is 9.79. The van der Waals surface area contributed by atoms with Gasteiger partial charge in [0.1, 0.15) is 5.82 Å². The normalized spacial score (nSPS) is 10.5. The lowest BCUT2D eigenvalue weighted by molar-refractivity contribution is 0.0993. The first-order valence-electron chi connectivity index (χ1n) is 5.50. The number of carbonyl (C=O) groups is 1. The molecule has 5 heteroatoms. The highest BCUT2D eigenvalue weighted by Gasteiger charge is 2.14. The van der Waals surface area contributed by atoms with E-state index >= 15 is 0 Å². The fraction of sp³-hybridized carbons (Fsp3) is 0.0714. The van der Waals surface area contributed by atoms with Crippen molar-refractivity contribution in [1.29, 1.82) is 0 Å². The van der Waals surface area contributed by atoms with Gasteiger partial charge in [-0.2, -0.15) is 0 Å². The van der Waals surface area contributed by atoms with Crippen LogP contribution in [0.5, 0.6) is 0 Å². The van der Waals surface area contributed by atoms with Crippen molar-refractivity contribution >= 4 is 34.7 Å². The largest absolute Gasteiger partial charge is 0.396 e. The number of para-hydroxylation sites is 1.